The van der Waals surface area contributed by atoms with E-state index in [-0.39, 0.29) is 11.8 Å². The van der Waals surface area contributed by atoms with Crippen LogP contribution in [0.4, 0.5) is 14.9 Å². The molecule has 26 heavy (non-hydrogen) atoms. The standard InChI is InChI=1S/C20H20FN3O2/c1-26-19-6-2-4-17(12-19)23-20(25)22-13-18-5-3-11-24(18)14-15-7-9-16(21)10-8-15/h2-12H,13-14H2,1H3,(H2,22,23,25). The molecule has 0 atom stereocenters. The Morgan fingerprint density at radius 3 is 2.69 bits per heavy atom. The highest BCUT2D eigenvalue weighted by atomic mass is 19.1. The highest BCUT2D eigenvalue weighted by molar-refractivity contribution is 5.89. The summed E-state index contributed by atoms with van der Waals surface area (Å²) in [5.74, 6) is 0.424. The van der Waals surface area contributed by atoms with Crippen molar-refractivity contribution in [2.75, 3.05) is 12.4 Å². The smallest absolute Gasteiger partial charge is 0.319 e. The molecule has 0 saturated carbocycles. The number of urea groups is 1. The van der Waals surface area contributed by atoms with E-state index in [9.17, 15) is 9.18 Å². The quantitative estimate of drug-likeness (QED) is 0.704. The van der Waals surface area contributed by atoms with Gasteiger partial charge in [0.1, 0.15) is 11.6 Å². The summed E-state index contributed by atoms with van der Waals surface area (Å²) >= 11 is 0. The lowest BCUT2D eigenvalue weighted by Crippen LogP contribution is -2.29. The number of rotatable bonds is 6. The Morgan fingerprint density at radius 1 is 1.12 bits per heavy atom. The van der Waals surface area contributed by atoms with Crippen LogP contribution in [0.5, 0.6) is 5.75 Å². The number of nitrogens with zero attached hydrogens (tertiary/aromatic N) is 1. The minimum Gasteiger partial charge on any atom is -0.497 e. The van der Waals surface area contributed by atoms with Gasteiger partial charge in [0.15, 0.2) is 0 Å². The van der Waals surface area contributed by atoms with Crippen LogP contribution in [0, 0.1) is 5.82 Å². The average molecular weight is 353 g/mol. The molecule has 1 heterocycles. The van der Waals surface area contributed by atoms with Crippen molar-refractivity contribution in [3.05, 3.63) is 83.9 Å². The molecule has 134 valence electrons. The van der Waals surface area contributed by atoms with Crippen LogP contribution in [0.15, 0.2) is 66.9 Å². The van der Waals surface area contributed by atoms with Crippen molar-refractivity contribution >= 4 is 11.7 Å². The number of anilines is 1. The van der Waals surface area contributed by atoms with Crippen molar-refractivity contribution in [1.29, 1.82) is 0 Å². The Bertz CT molecular complexity index is 875. The molecule has 0 unspecified atom stereocenters. The van der Waals surface area contributed by atoms with Gasteiger partial charge in [0.25, 0.3) is 0 Å². The summed E-state index contributed by atoms with van der Waals surface area (Å²) in [5, 5.41) is 5.61. The first-order valence-corrected chi connectivity index (χ1v) is 8.21. The predicted octanol–water partition coefficient (Wildman–Crippen LogP) is 4.01. The second-order valence-corrected chi connectivity index (χ2v) is 5.79. The van der Waals surface area contributed by atoms with E-state index in [0.29, 0.717) is 24.5 Å². The van der Waals surface area contributed by atoms with Crippen molar-refractivity contribution < 1.29 is 13.9 Å². The molecule has 0 spiro atoms. The molecular formula is C20H20FN3O2. The van der Waals surface area contributed by atoms with Crippen LogP contribution < -0.4 is 15.4 Å². The molecule has 2 N–H and O–H groups in total. The Hall–Kier alpha value is -3.28. The monoisotopic (exact) mass is 353 g/mol. The van der Waals surface area contributed by atoms with Crippen LogP contribution in [0.2, 0.25) is 0 Å². The van der Waals surface area contributed by atoms with Crippen LogP contribution >= 0.6 is 0 Å². The van der Waals surface area contributed by atoms with Gasteiger partial charge in [0, 0.05) is 30.2 Å². The molecule has 2 amide bonds. The van der Waals surface area contributed by atoms with Gasteiger partial charge in [-0.3, -0.25) is 0 Å². The number of halogens is 1. The fourth-order valence-electron chi connectivity index (χ4n) is 2.60. The lowest BCUT2D eigenvalue weighted by Gasteiger charge is -2.12. The maximum atomic E-state index is 13.0. The summed E-state index contributed by atoms with van der Waals surface area (Å²) in [6, 6.07) is 17.1. The summed E-state index contributed by atoms with van der Waals surface area (Å²) in [6.07, 6.45) is 1.93. The first-order valence-electron chi connectivity index (χ1n) is 8.21. The number of benzene rings is 2. The fourth-order valence-corrected chi connectivity index (χ4v) is 2.60. The summed E-state index contributed by atoms with van der Waals surface area (Å²) in [6.45, 7) is 0.992. The van der Waals surface area contributed by atoms with E-state index in [2.05, 4.69) is 10.6 Å². The minimum absolute atomic E-state index is 0.252. The molecular weight excluding hydrogens is 333 g/mol. The third kappa shape index (κ3) is 4.63. The summed E-state index contributed by atoms with van der Waals surface area (Å²) in [4.78, 5) is 12.1. The lowest BCUT2D eigenvalue weighted by molar-refractivity contribution is 0.251. The zero-order valence-electron chi connectivity index (χ0n) is 14.4. The molecule has 0 radical (unpaired) electrons. The number of hydrogen-bond acceptors (Lipinski definition) is 2. The third-order valence-electron chi connectivity index (χ3n) is 3.95. The Kier molecular flexibility index (Phi) is 5.53. The average Bonchev–Trinajstić information content (AvgIpc) is 3.09. The molecule has 5 nitrogen and oxygen atoms in total. The van der Waals surface area contributed by atoms with Crippen LogP contribution in [0.3, 0.4) is 0 Å². The first kappa shape index (κ1) is 17.5. The predicted molar refractivity (Wildman–Crippen MR) is 98.8 cm³/mol. The topological polar surface area (TPSA) is 55.3 Å². The van der Waals surface area contributed by atoms with Crippen LogP contribution in [-0.4, -0.2) is 17.7 Å². The summed E-state index contributed by atoms with van der Waals surface area (Å²) < 4.78 is 20.2. The zero-order chi connectivity index (χ0) is 18.4. The number of methoxy groups -OCH3 is 1. The number of amides is 2. The molecule has 0 aliphatic rings. The molecule has 0 aliphatic heterocycles. The molecule has 3 rings (SSSR count). The van der Waals surface area contributed by atoms with Crippen LogP contribution in [0.1, 0.15) is 11.3 Å². The maximum Gasteiger partial charge on any atom is 0.319 e. The Labute approximate surface area is 151 Å². The second kappa shape index (κ2) is 8.20. The van der Waals surface area contributed by atoms with Crippen molar-refractivity contribution in [2.45, 2.75) is 13.1 Å². The van der Waals surface area contributed by atoms with Gasteiger partial charge in [-0.1, -0.05) is 18.2 Å². The zero-order valence-corrected chi connectivity index (χ0v) is 14.4. The van der Waals surface area contributed by atoms with E-state index in [1.807, 2.05) is 35.0 Å². The number of carbonyl (C=O) groups excluding carboxylic acids is 1. The van der Waals surface area contributed by atoms with Gasteiger partial charge in [-0.15, -0.1) is 0 Å². The maximum absolute atomic E-state index is 13.0. The van der Waals surface area contributed by atoms with Crippen LogP contribution in [0.25, 0.3) is 0 Å². The minimum atomic E-state index is -0.298. The summed E-state index contributed by atoms with van der Waals surface area (Å²) in [7, 11) is 1.58. The van der Waals surface area contributed by atoms with E-state index in [1.165, 1.54) is 12.1 Å². The highest BCUT2D eigenvalue weighted by Crippen LogP contribution is 2.16. The largest absolute Gasteiger partial charge is 0.497 e. The molecule has 6 heteroatoms. The van der Waals surface area contributed by atoms with Crippen molar-refractivity contribution in [3.8, 4) is 5.75 Å². The number of hydrogen-bond donors (Lipinski definition) is 2. The normalized spacial score (nSPS) is 10.4. The third-order valence-corrected chi connectivity index (χ3v) is 3.95. The molecule has 1 aromatic heterocycles. The second-order valence-electron chi connectivity index (χ2n) is 5.79. The number of ether oxygens (including phenoxy) is 1. The van der Waals surface area contributed by atoms with Gasteiger partial charge in [-0.2, -0.15) is 0 Å². The van der Waals surface area contributed by atoms with Crippen molar-refractivity contribution in [3.63, 3.8) is 0 Å². The van der Waals surface area contributed by atoms with E-state index < -0.39 is 0 Å². The number of carbonyl (C=O) groups is 1. The van der Waals surface area contributed by atoms with Gasteiger partial charge in [0.2, 0.25) is 0 Å². The van der Waals surface area contributed by atoms with Crippen molar-refractivity contribution in [1.82, 2.24) is 9.88 Å². The molecule has 2 aromatic carbocycles. The number of nitrogens with one attached hydrogen (secondary N) is 2. The van der Waals surface area contributed by atoms with Gasteiger partial charge < -0.3 is 19.9 Å². The van der Waals surface area contributed by atoms with Gasteiger partial charge in [0.05, 0.1) is 13.7 Å². The van der Waals surface area contributed by atoms with Crippen molar-refractivity contribution in [2.24, 2.45) is 0 Å². The van der Waals surface area contributed by atoms with Gasteiger partial charge in [-0.25, -0.2) is 9.18 Å². The van der Waals surface area contributed by atoms with Gasteiger partial charge in [-0.05, 0) is 42.0 Å². The van der Waals surface area contributed by atoms with Crippen LogP contribution in [-0.2, 0) is 13.1 Å². The van der Waals surface area contributed by atoms with E-state index >= 15 is 0 Å². The Balaban J connectivity index is 1.57. The molecule has 0 saturated heterocycles. The van der Waals surface area contributed by atoms with E-state index in [0.717, 1.165) is 11.3 Å². The van der Waals surface area contributed by atoms with Gasteiger partial charge >= 0.3 is 6.03 Å². The number of aromatic nitrogens is 1. The SMILES string of the molecule is COc1cccc(NC(=O)NCc2cccn2Cc2ccc(F)cc2)c1. The first-order chi connectivity index (χ1) is 12.6. The van der Waals surface area contributed by atoms with E-state index in [4.69, 9.17) is 4.74 Å². The lowest BCUT2D eigenvalue weighted by atomic mass is 10.2. The highest BCUT2D eigenvalue weighted by Gasteiger charge is 2.06. The van der Waals surface area contributed by atoms with E-state index in [1.54, 1.807) is 31.4 Å². The summed E-state index contributed by atoms with van der Waals surface area (Å²) in [5.41, 5.74) is 2.60. The molecule has 0 fully saturated rings. The molecule has 3 aromatic rings. The Morgan fingerprint density at radius 2 is 1.92 bits per heavy atom. The fraction of sp³-hybridized carbons (Fsp3) is 0.150. The molecule has 0 aliphatic carbocycles. The molecule has 0 bridgehead atoms.